The van der Waals surface area contributed by atoms with Crippen molar-refractivity contribution in [2.75, 3.05) is 19.0 Å². The molecule has 0 aliphatic carbocycles. The summed E-state index contributed by atoms with van der Waals surface area (Å²) in [6, 6.07) is 3.19. The minimum absolute atomic E-state index is 0.0285. The zero-order valence-electron chi connectivity index (χ0n) is 12.4. The minimum atomic E-state index is -3.69. The summed E-state index contributed by atoms with van der Waals surface area (Å²) >= 11 is 0. The number of amides is 1. The maximum atomic E-state index is 12.2. The number of benzene rings is 1. The number of nitrogens with one attached hydrogen (secondary N) is 1. The van der Waals surface area contributed by atoms with Gasteiger partial charge in [0, 0.05) is 12.5 Å². The first-order valence-electron chi connectivity index (χ1n) is 6.94. The third-order valence-electron chi connectivity index (χ3n) is 3.22. The zero-order chi connectivity index (χ0) is 17.0. The molecule has 23 heavy (non-hydrogen) atoms. The highest BCUT2D eigenvalue weighted by Gasteiger charge is 2.21. The van der Waals surface area contributed by atoms with Gasteiger partial charge in [0.1, 0.15) is 19.3 Å². The van der Waals surface area contributed by atoms with Crippen LogP contribution in [0.4, 0.5) is 0 Å². The normalized spacial score (nSPS) is 14.8. The van der Waals surface area contributed by atoms with E-state index >= 15 is 0 Å². The summed E-state index contributed by atoms with van der Waals surface area (Å²) in [5.41, 5.74) is 0. The van der Waals surface area contributed by atoms with Gasteiger partial charge in [0.2, 0.25) is 5.91 Å². The van der Waals surface area contributed by atoms with Crippen molar-refractivity contribution < 1.29 is 32.6 Å². The highest BCUT2D eigenvalue weighted by atomic mass is 32.2. The van der Waals surface area contributed by atoms with E-state index in [1.165, 1.54) is 25.1 Å². The smallest absolute Gasteiger partial charge is 0.325 e. The average Bonchev–Trinajstić information content (AvgIpc) is 2.52. The summed E-state index contributed by atoms with van der Waals surface area (Å²) in [6.07, 6.45) is -0.325. The van der Waals surface area contributed by atoms with E-state index in [2.05, 4.69) is 5.32 Å². The van der Waals surface area contributed by atoms with E-state index in [0.717, 1.165) is 0 Å². The zero-order valence-corrected chi connectivity index (χ0v) is 13.3. The number of hydrogen-bond acceptors (Lipinski definition) is 6. The third kappa shape index (κ3) is 4.35. The molecular weight excluding hydrogens is 326 g/mol. The first kappa shape index (κ1) is 17.1. The number of ether oxygens (including phenoxy) is 2. The van der Waals surface area contributed by atoms with E-state index in [1.807, 2.05) is 0 Å². The molecule has 2 rings (SSSR count). The molecule has 1 atom stereocenters. The maximum Gasteiger partial charge on any atom is 0.325 e. The Hall–Kier alpha value is -2.29. The molecule has 1 aromatic carbocycles. The van der Waals surface area contributed by atoms with E-state index in [0.29, 0.717) is 24.7 Å². The molecule has 126 valence electrons. The van der Waals surface area contributed by atoms with Gasteiger partial charge in [-0.1, -0.05) is 0 Å². The standard InChI is InChI=1S/C14H17NO7S/c1-9(14(17)18)15-13(16)4-7-23(19,20)10-2-3-11-12(8-10)22-6-5-21-11/h2-3,8-9H,4-7H2,1H3,(H,15,16)(H,17,18). The lowest BCUT2D eigenvalue weighted by Gasteiger charge is -2.18. The second-order valence-corrected chi connectivity index (χ2v) is 7.11. The number of sulfone groups is 1. The molecule has 1 amide bonds. The molecule has 1 unspecified atom stereocenters. The van der Waals surface area contributed by atoms with Crippen LogP contribution in [0.25, 0.3) is 0 Å². The second kappa shape index (κ2) is 6.86. The molecule has 1 aliphatic rings. The number of fused-ring (bicyclic) bond motifs is 1. The Morgan fingerprint density at radius 2 is 1.91 bits per heavy atom. The van der Waals surface area contributed by atoms with Crippen molar-refractivity contribution >= 4 is 21.7 Å². The quantitative estimate of drug-likeness (QED) is 0.758. The third-order valence-corrected chi connectivity index (χ3v) is 4.93. The monoisotopic (exact) mass is 343 g/mol. The Kier molecular flexibility index (Phi) is 5.09. The van der Waals surface area contributed by atoms with E-state index in [1.54, 1.807) is 0 Å². The summed E-state index contributed by atoms with van der Waals surface area (Å²) in [7, 11) is -3.69. The number of hydrogen-bond donors (Lipinski definition) is 2. The predicted molar refractivity (Wildman–Crippen MR) is 79.3 cm³/mol. The van der Waals surface area contributed by atoms with Crippen molar-refractivity contribution in [2.45, 2.75) is 24.3 Å². The number of rotatable bonds is 6. The molecule has 0 spiro atoms. The molecule has 0 radical (unpaired) electrons. The van der Waals surface area contributed by atoms with Crippen LogP contribution in [0.2, 0.25) is 0 Å². The fourth-order valence-corrected chi connectivity index (χ4v) is 3.19. The molecule has 1 heterocycles. The van der Waals surface area contributed by atoms with Crippen LogP contribution in [0, 0.1) is 0 Å². The molecule has 0 saturated carbocycles. The van der Waals surface area contributed by atoms with Gasteiger partial charge in [0.05, 0.1) is 10.6 Å². The molecular formula is C14H17NO7S. The van der Waals surface area contributed by atoms with Crippen LogP contribution < -0.4 is 14.8 Å². The van der Waals surface area contributed by atoms with Crippen LogP contribution in [0.5, 0.6) is 11.5 Å². The van der Waals surface area contributed by atoms with Gasteiger partial charge in [-0.3, -0.25) is 9.59 Å². The number of carbonyl (C=O) groups is 2. The summed E-state index contributed by atoms with van der Waals surface area (Å²) < 4.78 is 35.1. The van der Waals surface area contributed by atoms with E-state index in [9.17, 15) is 18.0 Å². The average molecular weight is 343 g/mol. The minimum Gasteiger partial charge on any atom is -0.486 e. The number of carbonyl (C=O) groups excluding carboxylic acids is 1. The van der Waals surface area contributed by atoms with Crippen LogP contribution in [0.3, 0.4) is 0 Å². The SMILES string of the molecule is CC(NC(=O)CCS(=O)(=O)c1ccc2c(c1)OCCO2)C(=O)O. The first-order chi connectivity index (χ1) is 10.8. The fraction of sp³-hybridized carbons (Fsp3) is 0.429. The molecule has 1 aliphatic heterocycles. The van der Waals surface area contributed by atoms with E-state index < -0.39 is 33.5 Å². The molecule has 0 fully saturated rings. The second-order valence-electron chi connectivity index (χ2n) is 5.00. The lowest BCUT2D eigenvalue weighted by Crippen LogP contribution is -2.38. The van der Waals surface area contributed by atoms with Crippen molar-refractivity contribution in [3.8, 4) is 11.5 Å². The van der Waals surface area contributed by atoms with Gasteiger partial charge in [-0.2, -0.15) is 0 Å². The van der Waals surface area contributed by atoms with Gasteiger partial charge in [-0.25, -0.2) is 8.42 Å². The Morgan fingerprint density at radius 3 is 2.57 bits per heavy atom. The van der Waals surface area contributed by atoms with Gasteiger partial charge in [0.25, 0.3) is 0 Å². The molecule has 0 aromatic heterocycles. The highest BCUT2D eigenvalue weighted by Crippen LogP contribution is 2.32. The molecule has 9 heteroatoms. The molecule has 1 aromatic rings. The molecule has 0 saturated heterocycles. The van der Waals surface area contributed by atoms with Crippen molar-refractivity contribution in [3.63, 3.8) is 0 Å². The van der Waals surface area contributed by atoms with Gasteiger partial charge in [-0.15, -0.1) is 0 Å². The maximum absolute atomic E-state index is 12.2. The van der Waals surface area contributed by atoms with Gasteiger partial charge >= 0.3 is 5.97 Å². The number of carboxylic acids is 1. The van der Waals surface area contributed by atoms with Crippen LogP contribution in [0.15, 0.2) is 23.1 Å². The number of carboxylic acid groups (broad SMARTS) is 1. The number of aliphatic carboxylic acids is 1. The summed E-state index contributed by atoms with van der Waals surface area (Å²) in [5, 5.41) is 10.9. The highest BCUT2D eigenvalue weighted by molar-refractivity contribution is 7.91. The molecule has 8 nitrogen and oxygen atoms in total. The molecule has 2 N–H and O–H groups in total. The fourth-order valence-electron chi connectivity index (χ4n) is 1.94. The summed E-state index contributed by atoms with van der Waals surface area (Å²) in [6.45, 7) is 2.04. The van der Waals surface area contributed by atoms with Crippen molar-refractivity contribution in [1.29, 1.82) is 0 Å². The lowest BCUT2D eigenvalue weighted by molar-refractivity contribution is -0.141. The Morgan fingerprint density at radius 1 is 1.26 bits per heavy atom. The largest absolute Gasteiger partial charge is 0.486 e. The van der Waals surface area contributed by atoms with Crippen molar-refractivity contribution in [1.82, 2.24) is 5.32 Å². The van der Waals surface area contributed by atoms with Crippen LogP contribution in [0.1, 0.15) is 13.3 Å². The Bertz CT molecular complexity index is 714. The topological polar surface area (TPSA) is 119 Å². The van der Waals surface area contributed by atoms with E-state index in [4.69, 9.17) is 14.6 Å². The van der Waals surface area contributed by atoms with Gasteiger partial charge in [-0.05, 0) is 19.1 Å². The molecule has 0 bridgehead atoms. The van der Waals surface area contributed by atoms with E-state index in [-0.39, 0.29) is 11.3 Å². The Balaban J connectivity index is 2.02. The van der Waals surface area contributed by atoms with Crippen LogP contribution >= 0.6 is 0 Å². The van der Waals surface area contributed by atoms with Crippen molar-refractivity contribution in [2.24, 2.45) is 0 Å². The van der Waals surface area contributed by atoms with Crippen molar-refractivity contribution in [3.05, 3.63) is 18.2 Å². The van der Waals surface area contributed by atoms with Gasteiger partial charge < -0.3 is 19.9 Å². The predicted octanol–water partition coefficient (Wildman–Crippen LogP) is 0.211. The summed E-state index contributed by atoms with van der Waals surface area (Å²) in [4.78, 5) is 22.2. The van der Waals surface area contributed by atoms with Crippen LogP contribution in [-0.2, 0) is 19.4 Å². The van der Waals surface area contributed by atoms with Crippen LogP contribution in [-0.4, -0.2) is 50.4 Å². The van der Waals surface area contributed by atoms with Gasteiger partial charge in [0.15, 0.2) is 21.3 Å². The summed E-state index contributed by atoms with van der Waals surface area (Å²) in [5.74, 6) is -1.43. The Labute approximate surface area is 133 Å². The lowest BCUT2D eigenvalue weighted by atomic mass is 10.3. The first-order valence-corrected chi connectivity index (χ1v) is 8.59.